The first kappa shape index (κ1) is 16.1. The number of ether oxygens (including phenoxy) is 1. The summed E-state index contributed by atoms with van der Waals surface area (Å²) in [5.74, 6) is 1.67. The maximum absolute atomic E-state index is 5.31. The Labute approximate surface area is 152 Å². The lowest BCUT2D eigenvalue weighted by Gasteiger charge is -2.11. The second-order valence-electron chi connectivity index (χ2n) is 6.20. The summed E-state index contributed by atoms with van der Waals surface area (Å²) in [6, 6.07) is 20.1. The van der Waals surface area contributed by atoms with E-state index in [2.05, 4.69) is 17.4 Å². The van der Waals surface area contributed by atoms with E-state index in [0.29, 0.717) is 0 Å². The lowest BCUT2D eigenvalue weighted by atomic mass is 10.1. The van der Waals surface area contributed by atoms with Gasteiger partial charge in [0.1, 0.15) is 11.6 Å². The third-order valence-electron chi connectivity index (χ3n) is 4.30. The van der Waals surface area contributed by atoms with Crippen molar-refractivity contribution in [2.45, 2.75) is 13.8 Å². The minimum atomic E-state index is 0.804. The molecule has 0 aliphatic rings. The van der Waals surface area contributed by atoms with Gasteiger partial charge < -0.3 is 10.1 Å². The predicted molar refractivity (Wildman–Crippen MR) is 104 cm³/mol. The Morgan fingerprint density at radius 2 is 1.77 bits per heavy atom. The molecule has 0 radical (unpaired) electrons. The molecule has 26 heavy (non-hydrogen) atoms. The minimum Gasteiger partial charge on any atom is -0.497 e. The molecule has 5 nitrogen and oxygen atoms in total. The van der Waals surface area contributed by atoms with Gasteiger partial charge in [-0.25, -0.2) is 4.98 Å². The molecule has 0 aliphatic heterocycles. The second-order valence-corrected chi connectivity index (χ2v) is 6.20. The molecular weight excluding hydrogens is 324 g/mol. The molecule has 0 bridgehead atoms. The topological polar surface area (TPSA) is 51.5 Å². The zero-order chi connectivity index (χ0) is 18.1. The predicted octanol–water partition coefficient (Wildman–Crippen LogP) is 4.77. The number of nitrogens with one attached hydrogen (secondary N) is 1. The second kappa shape index (κ2) is 6.52. The van der Waals surface area contributed by atoms with Gasteiger partial charge >= 0.3 is 0 Å². The van der Waals surface area contributed by atoms with E-state index in [1.807, 2.05) is 66.9 Å². The first-order valence-corrected chi connectivity index (χ1v) is 8.49. The molecule has 2 heterocycles. The number of aryl methyl sites for hydroxylation is 2. The largest absolute Gasteiger partial charge is 0.497 e. The van der Waals surface area contributed by atoms with Crippen LogP contribution in [-0.4, -0.2) is 21.7 Å². The number of hydrogen-bond donors (Lipinski definition) is 1. The highest BCUT2D eigenvalue weighted by Crippen LogP contribution is 2.30. The minimum absolute atomic E-state index is 0.804. The smallest absolute Gasteiger partial charge is 0.165 e. The fourth-order valence-electron chi connectivity index (χ4n) is 3.13. The summed E-state index contributed by atoms with van der Waals surface area (Å²) in [4.78, 5) is 4.74. The van der Waals surface area contributed by atoms with Gasteiger partial charge in [0.05, 0.1) is 12.8 Å². The third-order valence-corrected chi connectivity index (χ3v) is 4.30. The first-order chi connectivity index (χ1) is 12.7. The average Bonchev–Trinajstić information content (AvgIpc) is 2.98. The molecule has 0 aliphatic carbocycles. The van der Waals surface area contributed by atoms with E-state index in [1.54, 1.807) is 7.11 Å². The molecule has 130 valence electrons. The molecule has 0 amide bonds. The first-order valence-electron chi connectivity index (χ1n) is 8.49. The van der Waals surface area contributed by atoms with Gasteiger partial charge in [0, 0.05) is 29.1 Å². The normalized spacial score (nSPS) is 10.9. The summed E-state index contributed by atoms with van der Waals surface area (Å²) >= 11 is 0. The van der Waals surface area contributed by atoms with Crippen molar-refractivity contribution in [2.75, 3.05) is 12.4 Å². The zero-order valence-corrected chi connectivity index (χ0v) is 15.0. The summed E-state index contributed by atoms with van der Waals surface area (Å²) in [5.41, 5.74) is 5.83. The third kappa shape index (κ3) is 2.88. The monoisotopic (exact) mass is 344 g/mol. The van der Waals surface area contributed by atoms with E-state index in [1.165, 1.54) is 0 Å². The van der Waals surface area contributed by atoms with Crippen LogP contribution in [0.15, 0.2) is 60.7 Å². The van der Waals surface area contributed by atoms with E-state index in [9.17, 15) is 0 Å². The summed E-state index contributed by atoms with van der Waals surface area (Å²) in [6.45, 7) is 4.01. The maximum Gasteiger partial charge on any atom is 0.165 e. The van der Waals surface area contributed by atoms with Gasteiger partial charge in [-0.1, -0.05) is 36.4 Å². The summed E-state index contributed by atoms with van der Waals surface area (Å²) in [5, 5.41) is 8.16. The highest BCUT2D eigenvalue weighted by atomic mass is 16.5. The van der Waals surface area contributed by atoms with Crippen LogP contribution in [0.25, 0.3) is 16.8 Å². The number of hydrogen-bond acceptors (Lipinski definition) is 4. The lowest BCUT2D eigenvalue weighted by molar-refractivity contribution is 0.415. The van der Waals surface area contributed by atoms with Crippen LogP contribution in [0.2, 0.25) is 0 Å². The van der Waals surface area contributed by atoms with Gasteiger partial charge in [0.25, 0.3) is 0 Å². The summed E-state index contributed by atoms with van der Waals surface area (Å²) in [6.07, 6.45) is 0. The van der Waals surface area contributed by atoms with Crippen molar-refractivity contribution in [1.29, 1.82) is 0 Å². The molecule has 0 atom stereocenters. The molecule has 0 unspecified atom stereocenters. The van der Waals surface area contributed by atoms with Crippen molar-refractivity contribution >= 4 is 17.2 Å². The Bertz CT molecular complexity index is 1070. The van der Waals surface area contributed by atoms with Crippen LogP contribution in [0.1, 0.15) is 11.4 Å². The number of rotatable bonds is 4. The molecule has 1 N–H and O–H groups in total. The number of nitrogens with zero attached hydrogens (tertiary/aromatic N) is 3. The molecule has 2 aromatic carbocycles. The number of methoxy groups -OCH3 is 1. The Balaban J connectivity index is 1.86. The van der Waals surface area contributed by atoms with Crippen LogP contribution in [0.4, 0.5) is 11.5 Å². The Morgan fingerprint density at radius 1 is 0.962 bits per heavy atom. The number of anilines is 2. The zero-order valence-electron chi connectivity index (χ0n) is 15.0. The highest BCUT2D eigenvalue weighted by Gasteiger charge is 2.16. The van der Waals surface area contributed by atoms with E-state index < -0.39 is 0 Å². The molecule has 5 heteroatoms. The van der Waals surface area contributed by atoms with Gasteiger partial charge in [0.15, 0.2) is 5.65 Å². The van der Waals surface area contributed by atoms with Crippen molar-refractivity contribution < 1.29 is 4.74 Å². The molecule has 4 aromatic rings. The van der Waals surface area contributed by atoms with E-state index in [4.69, 9.17) is 14.8 Å². The van der Waals surface area contributed by atoms with Gasteiger partial charge in [-0.05, 0) is 31.5 Å². The Kier molecular flexibility index (Phi) is 4.05. The quantitative estimate of drug-likeness (QED) is 0.580. The standard InChI is InChI=1S/C21H20N4O/c1-14-12-19(23-17-10-7-11-18(13-17)26-3)25-21(22-14)20(15(2)24-25)16-8-5-4-6-9-16/h4-13,23H,1-3H3. The number of benzene rings is 2. The van der Waals surface area contributed by atoms with Crippen molar-refractivity contribution in [2.24, 2.45) is 0 Å². The van der Waals surface area contributed by atoms with Crippen molar-refractivity contribution in [3.05, 3.63) is 72.1 Å². The van der Waals surface area contributed by atoms with Gasteiger partial charge in [0.2, 0.25) is 0 Å². The number of aromatic nitrogens is 3. The van der Waals surface area contributed by atoms with Crippen LogP contribution in [0.3, 0.4) is 0 Å². The molecule has 0 saturated heterocycles. The van der Waals surface area contributed by atoms with Gasteiger partial charge in [-0.3, -0.25) is 0 Å². The van der Waals surface area contributed by atoms with Crippen LogP contribution in [-0.2, 0) is 0 Å². The maximum atomic E-state index is 5.31. The van der Waals surface area contributed by atoms with Gasteiger partial charge in [-0.2, -0.15) is 9.61 Å². The lowest BCUT2D eigenvalue weighted by Crippen LogP contribution is -2.02. The van der Waals surface area contributed by atoms with E-state index in [0.717, 1.165) is 45.4 Å². The molecule has 0 spiro atoms. The average molecular weight is 344 g/mol. The van der Waals surface area contributed by atoms with Crippen molar-refractivity contribution in [1.82, 2.24) is 14.6 Å². The molecule has 0 saturated carbocycles. The highest BCUT2D eigenvalue weighted by molar-refractivity contribution is 5.81. The SMILES string of the molecule is COc1cccc(Nc2cc(C)nc3c(-c4ccccc4)c(C)nn23)c1. The van der Waals surface area contributed by atoms with Crippen LogP contribution in [0, 0.1) is 13.8 Å². The molecule has 0 fully saturated rings. The summed E-state index contributed by atoms with van der Waals surface area (Å²) < 4.78 is 7.18. The van der Waals surface area contributed by atoms with Crippen LogP contribution < -0.4 is 10.1 Å². The van der Waals surface area contributed by atoms with Crippen LogP contribution in [0.5, 0.6) is 5.75 Å². The Morgan fingerprint density at radius 3 is 2.54 bits per heavy atom. The fourth-order valence-corrected chi connectivity index (χ4v) is 3.13. The van der Waals surface area contributed by atoms with Crippen molar-refractivity contribution in [3.8, 4) is 16.9 Å². The van der Waals surface area contributed by atoms with Crippen LogP contribution >= 0.6 is 0 Å². The molecule has 4 rings (SSSR count). The van der Waals surface area contributed by atoms with E-state index >= 15 is 0 Å². The van der Waals surface area contributed by atoms with Crippen molar-refractivity contribution in [3.63, 3.8) is 0 Å². The number of fused-ring (bicyclic) bond motifs is 1. The fraction of sp³-hybridized carbons (Fsp3) is 0.143. The summed E-state index contributed by atoms with van der Waals surface area (Å²) in [7, 11) is 1.66. The van der Waals surface area contributed by atoms with Gasteiger partial charge in [-0.15, -0.1) is 0 Å². The molecular formula is C21H20N4O. The van der Waals surface area contributed by atoms with E-state index in [-0.39, 0.29) is 0 Å². The molecule has 2 aromatic heterocycles. The Hall–Kier alpha value is -3.34.